The molecular weight excluding hydrogens is 466 g/mol. The molecule has 1 aromatic carbocycles. The number of halogens is 1. The predicted molar refractivity (Wildman–Crippen MR) is 120 cm³/mol. The van der Waals surface area contributed by atoms with Gasteiger partial charge in [0.15, 0.2) is 0 Å². The maximum absolute atomic E-state index is 12.8. The largest absolute Gasteiger partial charge is 0.465 e. The second-order valence-corrected chi connectivity index (χ2v) is 9.72. The number of carbonyl (C=O) groups excluding carboxylic acids is 3. The first-order chi connectivity index (χ1) is 14.4. The third kappa shape index (κ3) is 4.87. The van der Waals surface area contributed by atoms with Crippen molar-refractivity contribution in [1.82, 2.24) is 14.8 Å². The summed E-state index contributed by atoms with van der Waals surface area (Å²) in [5, 5.41) is 3.69. The van der Waals surface area contributed by atoms with Crippen LogP contribution in [0.4, 0.5) is 4.79 Å². The predicted octanol–water partition coefficient (Wildman–Crippen LogP) is 3.54. The molecular formula is C22H28BrN3O5. The molecule has 1 aliphatic heterocycles. The smallest absolute Gasteiger partial charge is 0.410 e. The van der Waals surface area contributed by atoms with E-state index in [1.165, 1.54) is 7.11 Å². The zero-order valence-corrected chi connectivity index (χ0v) is 20.3. The van der Waals surface area contributed by atoms with Crippen molar-refractivity contribution in [2.45, 2.75) is 52.8 Å². The molecule has 0 radical (unpaired) electrons. The van der Waals surface area contributed by atoms with E-state index >= 15 is 0 Å². The quantitative estimate of drug-likeness (QED) is 0.657. The Hall–Kier alpha value is -2.55. The topological polar surface area (TPSA) is 89.9 Å². The molecule has 0 atom stereocenters. The Balaban J connectivity index is 1.74. The second-order valence-electron chi connectivity index (χ2n) is 8.81. The molecule has 31 heavy (non-hydrogen) atoms. The fourth-order valence-electron chi connectivity index (χ4n) is 3.80. The number of hydrogen-bond acceptors (Lipinski definition) is 5. The van der Waals surface area contributed by atoms with Crippen LogP contribution in [0.2, 0.25) is 0 Å². The lowest BCUT2D eigenvalue weighted by molar-refractivity contribution is -0.123. The molecule has 2 amide bonds. The van der Waals surface area contributed by atoms with Crippen LogP contribution < -0.4 is 5.32 Å². The van der Waals surface area contributed by atoms with E-state index in [0.717, 1.165) is 20.9 Å². The molecule has 2 heterocycles. The molecule has 1 aromatic heterocycles. The van der Waals surface area contributed by atoms with Crippen molar-refractivity contribution in [1.29, 1.82) is 0 Å². The summed E-state index contributed by atoms with van der Waals surface area (Å²) in [6.07, 6.45) is -0.380. The van der Waals surface area contributed by atoms with Gasteiger partial charge in [0.2, 0.25) is 5.91 Å². The number of benzene rings is 1. The monoisotopic (exact) mass is 493 g/mol. The van der Waals surface area contributed by atoms with E-state index in [9.17, 15) is 14.4 Å². The Morgan fingerprint density at radius 3 is 2.42 bits per heavy atom. The standard InChI is InChI=1S/C22H28BrN3O5/c1-12-7-14(23)8-16-18(20(28)30-6)13(2)26(19(12)16)11-17(27)24-15-9-25(10-15)21(29)31-22(3,4)5/h7-8,15H,9-11H2,1-6H3,(H,24,27). The first-order valence-corrected chi connectivity index (χ1v) is 10.8. The van der Waals surface area contributed by atoms with Gasteiger partial charge in [-0.15, -0.1) is 0 Å². The van der Waals surface area contributed by atoms with Gasteiger partial charge in [0.25, 0.3) is 0 Å². The van der Waals surface area contributed by atoms with Gasteiger partial charge in [-0.05, 0) is 52.3 Å². The highest BCUT2D eigenvalue weighted by atomic mass is 79.9. The fraction of sp³-hybridized carbons (Fsp3) is 0.500. The van der Waals surface area contributed by atoms with Crippen LogP contribution in [0.3, 0.4) is 0 Å². The SMILES string of the molecule is COC(=O)c1c(C)n(CC(=O)NC2CN(C(=O)OC(C)(C)C)C2)c2c(C)cc(Br)cc12. The number of rotatable bonds is 4. The zero-order valence-electron chi connectivity index (χ0n) is 18.7. The Morgan fingerprint density at radius 1 is 1.19 bits per heavy atom. The molecule has 0 bridgehead atoms. The first kappa shape index (κ1) is 23.1. The molecule has 168 valence electrons. The fourth-order valence-corrected chi connectivity index (χ4v) is 4.37. The number of carbonyl (C=O) groups is 3. The summed E-state index contributed by atoms with van der Waals surface area (Å²) >= 11 is 3.48. The molecule has 1 aliphatic rings. The van der Waals surface area contributed by atoms with Crippen molar-refractivity contribution in [2.24, 2.45) is 0 Å². The number of aryl methyl sites for hydroxylation is 1. The van der Waals surface area contributed by atoms with Crippen LogP contribution in [0, 0.1) is 13.8 Å². The lowest BCUT2D eigenvalue weighted by Gasteiger charge is -2.40. The molecule has 1 saturated heterocycles. The Labute approximate surface area is 190 Å². The number of hydrogen-bond donors (Lipinski definition) is 1. The highest BCUT2D eigenvalue weighted by Gasteiger charge is 2.34. The number of nitrogens with zero attached hydrogens (tertiary/aromatic N) is 2. The second kappa shape index (κ2) is 8.53. The highest BCUT2D eigenvalue weighted by Crippen LogP contribution is 2.32. The summed E-state index contributed by atoms with van der Waals surface area (Å²) in [6.45, 7) is 10.1. The minimum atomic E-state index is -0.553. The van der Waals surface area contributed by atoms with Gasteiger partial charge in [-0.25, -0.2) is 9.59 Å². The highest BCUT2D eigenvalue weighted by molar-refractivity contribution is 9.10. The number of aromatic nitrogens is 1. The lowest BCUT2D eigenvalue weighted by atomic mass is 10.1. The lowest BCUT2D eigenvalue weighted by Crippen LogP contribution is -2.61. The Kier molecular flexibility index (Phi) is 6.36. The minimum Gasteiger partial charge on any atom is -0.465 e. The minimum absolute atomic E-state index is 0.0603. The Morgan fingerprint density at radius 2 is 1.84 bits per heavy atom. The van der Waals surface area contributed by atoms with Crippen LogP contribution in [0.1, 0.15) is 42.4 Å². The number of nitrogens with one attached hydrogen (secondary N) is 1. The van der Waals surface area contributed by atoms with Crippen LogP contribution in [-0.4, -0.2) is 59.3 Å². The van der Waals surface area contributed by atoms with Crippen LogP contribution >= 0.6 is 15.9 Å². The van der Waals surface area contributed by atoms with Gasteiger partial charge in [0.05, 0.1) is 24.2 Å². The van der Waals surface area contributed by atoms with Crippen LogP contribution in [0.5, 0.6) is 0 Å². The average Bonchev–Trinajstić information content (AvgIpc) is 2.87. The van der Waals surface area contributed by atoms with Crippen LogP contribution in [0.25, 0.3) is 10.9 Å². The maximum atomic E-state index is 12.8. The van der Waals surface area contributed by atoms with Gasteiger partial charge >= 0.3 is 12.1 Å². The van der Waals surface area contributed by atoms with Gasteiger partial charge in [0, 0.05) is 28.6 Å². The molecule has 3 rings (SSSR count). The molecule has 8 nitrogen and oxygen atoms in total. The van der Waals surface area contributed by atoms with E-state index in [-0.39, 0.29) is 24.6 Å². The van der Waals surface area contributed by atoms with Gasteiger partial charge in [-0.1, -0.05) is 15.9 Å². The summed E-state index contributed by atoms with van der Waals surface area (Å²) < 4.78 is 13.0. The summed E-state index contributed by atoms with van der Waals surface area (Å²) in [6, 6.07) is 3.68. The van der Waals surface area contributed by atoms with Crippen molar-refractivity contribution in [2.75, 3.05) is 20.2 Å². The molecule has 1 fully saturated rings. The van der Waals surface area contributed by atoms with Gasteiger partial charge in [-0.3, -0.25) is 4.79 Å². The van der Waals surface area contributed by atoms with E-state index in [2.05, 4.69) is 21.2 Å². The van der Waals surface area contributed by atoms with E-state index in [0.29, 0.717) is 24.3 Å². The summed E-state index contributed by atoms with van der Waals surface area (Å²) in [7, 11) is 1.34. The molecule has 9 heteroatoms. The summed E-state index contributed by atoms with van der Waals surface area (Å²) in [4.78, 5) is 38.8. The van der Waals surface area contributed by atoms with Crippen molar-refractivity contribution in [3.05, 3.63) is 33.4 Å². The van der Waals surface area contributed by atoms with E-state index in [1.807, 2.05) is 44.4 Å². The number of fused-ring (bicyclic) bond motifs is 1. The number of ether oxygens (including phenoxy) is 2. The number of amides is 2. The number of methoxy groups -OCH3 is 1. The van der Waals surface area contributed by atoms with Crippen molar-refractivity contribution < 1.29 is 23.9 Å². The normalized spacial score (nSPS) is 14.4. The number of esters is 1. The van der Waals surface area contributed by atoms with Crippen molar-refractivity contribution >= 4 is 44.8 Å². The summed E-state index contributed by atoms with van der Waals surface area (Å²) in [5.74, 6) is -0.626. The van der Waals surface area contributed by atoms with Gasteiger partial charge in [0.1, 0.15) is 12.1 Å². The van der Waals surface area contributed by atoms with E-state index < -0.39 is 11.6 Å². The summed E-state index contributed by atoms with van der Waals surface area (Å²) in [5.41, 5.74) is 2.33. The van der Waals surface area contributed by atoms with Gasteiger partial charge in [-0.2, -0.15) is 0 Å². The molecule has 0 unspecified atom stereocenters. The van der Waals surface area contributed by atoms with Crippen LogP contribution in [-0.2, 0) is 20.8 Å². The van der Waals surface area contributed by atoms with E-state index in [4.69, 9.17) is 9.47 Å². The molecule has 1 N–H and O–H groups in total. The zero-order chi connectivity index (χ0) is 23.1. The molecule has 2 aromatic rings. The maximum Gasteiger partial charge on any atom is 0.410 e. The first-order valence-electron chi connectivity index (χ1n) is 10.1. The number of likely N-dealkylation sites (tertiary alicyclic amines) is 1. The van der Waals surface area contributed by atoms with Crippen molar-refractivity contribution in [3.63, 3.8) is 0 Å². The van der Waals surface area contributed by atoms with Gasteiger partial charge < -0.3 is 24.3 Å². The van der Waals surface area contributed by atoms with Crippen molar-refractivity contribution in [3.8, 4) is 0 Å². The van der Waals surface area contributed by atoms with Crippen LogP contribution in [0.15, 0.2) is 16.6 Å². The van der Waals surface area contributed by atoms with E-state index in [1.54, 1.807) is 11.8 Å². The average molecular weight is 494 g/mol. The molecule has 0 aliphatic carbocycles. The molecule has 0 spiro atoms. The third-order valence-corrected chi connectivity index (χ3v) is 5.62. The third-order valence-electron chi connectivity index (χ3n) is 5.16. The molecule has 0 saturated carbocycles. The Bertz CT molecular complexity index is 1050.